The Kier molecular flexibility index (Phi) is 8.05. The van der Waals surface area contributed by atoms with Crippen molar-refractivity contribution in [3.63, 3.8) is 0 Å². The number of aryl methyl sites for hydroxylation is 1. The number of rotatable bonds is 8. The molecule has 0 saturated heterocycles. The number of carbonyl (C=O) groups excluding carboxylic acids is 1. The van der Waals surface area contributed by atoms with Gasteiger partial charge in [-0.15, -0.1) is 10.2 Å². The van der Waals surface area contributed by atoms with Crippen LogP contribution in [0.5, 0.6) is 0 Å². The number of aliphatic imine (C=N–C) groups is 1. The van der Waals surface area contributed by atoms with E-state index in [-0.39, 0.29) is 18.5 Å². The number of guanidine groups is 1. The first-order valence-corrected chi connectivity index (χ1v) is 9.38. The van der Waals surface area contributed by atoms with Crippen molar-refractivity contribution >= 4 is 11.9 Å². The molecule has 0 bridgehead atoms. The largest absolute Gasteiger partial charge is 0.355 e. The molecule has 8 nitrogen and oxygen atoms in total. The molecule has 0 aliphatic rings. The number of benzene rings is 1. The van der Waals surface area contributed by atoms with Gasteiger partial charge in [-0.1, -0.05) is 13.0 Å². The summed E-state index contributed by atoms with van der Waals surface area (Å²) in [6.07, 6.45) is 2.42. The zero-order valence-corrected chi connectivity index (χ0v) is 17.1. The number of hydrogen-bond acceptors (Lipinski definition) is 4. The van der Waals surface area contributed by atoms with Gasteiger partial charge in [0.2, 0.25) is 5.91 Å². The molecule has 0 aliphatic heterocycles. The predicted molar refractivity (Wildman–Crippen MR) is 106 cm³/mol. The molecule has 29 heavy (non-hydrogen) atoms. The Hall–Kier alpha value is -3.04. The molecule has 158 valence electrons. The molecule has 10 heteroatoms. The molecule has 1 unspecified atom stereocenters. The van der Waals surface area contributed by atoms with Crippen LogP contribution in [0.1, 0.15) is 31.3 Å². The van der Waals surface area contributed by atoms with E-state index >= 15 is 0 Å². The van der Waals surface area contributed by atoms with Crippen LogP contribution in [0, 0.1) is 11.6 Å². The van der Waals surface area contributed by atoms with E-state index in [4.69, 9.17) is 0 Å². The molecule has 0 radical (unpaired) electrons. The third-order valence-electron chi connectivity index (χ3n) is 4.33. The number of halogens is 2. The maximum atomic E-state index is 13.5. The van der Waals surface area contributed by atoms with Crippen LogP contribution in [0.2, 0.25) is 0 Å². The first kappa shape index (κ1) is 22.3. The Morgan fingerprint density at radius 3 is 2.72 bits per heavy atom. The standard InChI is InChI=1S/C19H27F2N7O/c1-5-17-26-24-12-28(17)9-8-22-19(23-11-18(29)27(3)4)25-13(2)14-6-7-15(20)16(21)10-14/h6-7,10,12-13H,5,8-9,11H2,1-4H3,(H2,22,23,25). The highest BCUT2D eigenvalue weighted by atomic mass is 19.2. The Morgan fingerprint density at radius 1 is 1.31 bits per heavy atom. The molecule has 1 heterocycles. The number of carbonyl (C=O) groups is 1. The van der Waals surface area contributed by atoms with Crippen LogP contribution >= 0.6 is 0 Å². The highest BCUT2D eigenvalue weighted by molar-refractivity contribution is 5.85. The minimum absolute atomic E-state index is 0.0420. The van der Waals surface area contributed by atoms with E-state index in [1.165, 1.54) is 11.0 Å². The van der Waals surface area contributed by atoms with Gasteiger partial charge < -0.3 is 20.1 Å². The smallest absolute Gasteiger partial charge is 0.243 e. The van der Waals surface area contributed by atoms with Crippen molar-refractivity contribution in [2.24, 2.45) is 4.99 Å². The van der Waals surface area contributed by atoms with E-state index in [0.717, 1.165) is 24.4 Å². The van der Waals surface area contributed by atoms with Crippen LogP contribution in [0.15, 0.2) is 29.5 Å². The van der Waals surface area contributed by atoms with Gasteiger partial charge in [0.15, 0.2) is 17.6 Å². The van der Waals surface area contributed by atoms with Crippen LogP contribution in [-0.2, 0) is 17.8 Å². The predicted octanol–water partition coefficient (Wildman–Crippen LogP) is 1.50. The van der Waals surface area contributed by atoms with Gasteiger partial charge in [-0.05, 0) is 24.6 Å². The van der Waals surface area contributed by atoms with E-state index < -0.39 is 11.6 Å². The normalized spacial score (nSPS) is 12.6. The van der Waals surface area contributed by atoms with Crippen LogP contribution in [0.3, 0.4) is 0 Å². The minimum atomic E-state index is -0.912. The van der Waals surface area contributed by atoms with E-state index in [0.29, 0.717) is 24.6 Å². The SMILES string of the molecule is CCc1nncn1CCNC(=NCC(=O)N(C)C)NC(C)c1ccc(F)c(F)c1. The fraction of sp³-hybridized carbons (Fsp3) is 0.474. The summed E-state index contributed by atoms with van der Waals surface area (Å²) in [5.41, 5.74) is 0.560. The van der Waals surface area contributed by atoms with Gasteiger partial charge in [0.1, 0.15) is 18.7 Å². The maximum Gasteiger partial charge on any atom is 0.243 e. The lowest BCUT2D eigenvalue weighted by atomic mass is 10.1. The summed E-state index contributed by atoms with van der Waals surface area (Å²) < 4.78 is 28.6. The molecule has 1 atom stereocenters. The summed E-state index contributed by atoms with van der Waals surface area (Å²) in [5.74, 6) is -0.700. The highest BCUT2D eigenvalue weighted by Gasteiger charge is 2.12. The lowest BCUT2D eigenvalue weighted by Crippen LogP contribution is -2.41. The Bertz CT molecular complexity index is 851. The van der Waals surface area contributed by atoms with Crippen LogP contribution in [0.25, 0.3) is 0 Å². The summed E-state index contributed by atoms with van der Waals surface area (Å²) in [5, 5.41) is 14.2. The Labute approximate surface area is 169 Å². The van der Waals surface area contributed by atoms with Crippen molar-refractivity contribution in [2.75, 3.05) is 27.2 Å². The minimum Gasteiger partial charge on any atom is -0.355 e. The fourth-order valence-electron chi connectivity index (χ4n) is 2.55. The van der Waals surface area contributed by atoms with Crippen molar-refractivity contribution in [1.29, 1.82) is 0 Å². The number of nitrogens with zero attached hydrogens (tertiary/aromatic N) is 5. The third-order valence-corrected chi connectivity index (χ3v) is 4.33. The van der Waals surface area contributed by atoms with Gasteiger partial charge in [-0.25, -0.2) is 13.8 Å². The monoisotopic (exact) mass is 407 g/mol. The summed E-state index contributed by atoms with van der Waals surface area (Å²) in [6, 6.07) is 3.37. The number of nitrogens with one attached hydrogen (secondary N) is 2. The molecule has 2 rings (SSSR count). The first-order valence-electron chi connectivity index (χ1n) is 9.38. The van der Waals surface area contributed by atoms with Crippen LogP contribution in [-0.4, -0.2) is 58.7 Å². The lowest BCUT2D eigenvalue weighted by molar-refractivity contribution is -0.127. The van der Waals surface area contributed by atoms with Crippen molar-refractivity contribution in [2.45, 2.75) is 32.9 Å². The third kappa shape index (κ3) is 6.51. The summed E-state index contributed by atoms with van der Waals surface area (Å²) >= 11 is 0. The number of aromatic nitrogens is 3. The van der Waals surface area contributed by atoms with E-state index in [1.807, 2.05) is 11.5 Å². The van der Waals surface area contributed by atoms with Gasteiger partial charge in [-0.2, -0.15) is 0 Å². The quantitative estimate of drug-likeness (QED) is 0.512. The molecule has 1 aromatic heterocycles. The zero-order chi connectivity index (χ0) is 21.4. The molecule has 1 amide bonds. The molecule has 2 aromatic rings. The van der Waals surface area contributed by atoms with Crippen molar-refractivity contribution in [3.05, 3.63) is 47.5 Å². The molecule has 0 aliphatic carbocycles. The van der Waals surface area contributed by atoms with Crippen molar-refractivity contribution < 1.29 is 13.6 Å². The number of likely N-dealkylation sites (N-methyl/N-ethyl adjacent to an activating group) is 1. The van der Waals surface area contributed by atoms with Gasteiger partial charge in [-0.3, -0.25) is 4.79 Å². The molecule has 0 spiro atoms. The van der Waals surface area contributed by atoms with Crippen molar-refractivity contribution in [1.82, 2.24) is 30.3 Å². The fourth-order valence-corrected chi connectivity index (χ4v) is 2.55. The second-order valence-corrected chi connectivity index (χ2v) is 6.71. The average Bonchev–Trinajstić information content (AvgIpc) is 3.15. The lowest BCUT2D eigenvalue weighted by Gasteiger charge is -2.19. The second-order valence-electron chi connectivity index (χ2n) is 6.71. The average molecular weight is 407 g/mol. The molecular formula is C19H27F2N7O. The molecule has 0 saturated carbocycles. The second kappa shape index (κ2) is 10.5. The van der Waals surface area contributed by atoms with Gasteiger partial charge in [0, 0.05) is 33.6 Å². The summed E-state index contributed by atoms with van der Waals surface area (Å²) in [6.45, 7) is 4.88. The van der Waals surface area contributed by atoms with Crippen LogP contribution in [0.4, 0.5) is 8.78 Å². The van der Waals surface area contributed by atoms with E-state index in [2.05, 4.69) is 25.8 Å². The number of amides is 1. The highest BCUT2D eigenvalue weighted by Crippen LogP contribution is 2.15. The van der Waals surface area contributed by atoms with E-state index in [1.54, 1.807) is 27.3 Å². The molecular weight excluding hydrogens is 380 g/mol. The topological polar surface area (TPSA) is 87.4 Å². The summed E-state index contributed by atoms with van der Waals surface area (Å²) in [4.78, 5) is 17.6. The number of hydrogen-bond donors (Lipinski definition) is 2. The summed E-state index contributed by atoms with van der Waals surface area (Å²) in [7, 11) is 3.31. The van der Waals surface area contributed by atoms with Gasteiger partial charge in [0.05, 0.1) is 6.04 Å². The molecule has 0 fully saturated rings. The zero-order valence-electron chi connectivity index (χ0n) is 17.1. The molecule has 2 N–H and O–H groups in total. The Morgan fingerprint density at radius 2 is 2.07 bits per heavy atom. The Balaban J connectivity index is 2.06. The van der Waals surface area contributed by atoms with Gasteiger partial charge in [0.25, 0.3) is 0 Å². The van der Waals surface area contributed by atoms with Crippen molar-refractivity contribution in [3.8, 4) is 0 Å². The van der Waals surface area contributed by atoms with Crippen LogP contribution < -0.4 is 10.6 Å². The van der Waals surface area contributed by atoms with Gasteiger partial charge >= 0.3 is 0 Å². The van der Waals surface area contributed by atoms with E-state index in [9.17, 15) is 13.6 Å². The molecule has 1 aromatic carbocycles. The maximum absolute atomic E-state index is 13.5. The first-order chi connectivity index (χ1) is 13.8.